The van der Waals surface area contributed by atoms with E-state index in [0.717, 1.165) is 24.3 Å². The van der Waals surface area contributed by atoms with E-state index < -0.39 is 0 Å². The van der Waals surface area contributed by atoms with Crippen LogP contribution in [0.25, 0.3) is 16.9 Å². The molecule has 1 amide bonds. The molecule has 1 aliphatic rings. The zero-order chi connectivity index (χ0) is 21.9. The number of thioether (sulfide) groups is 1. The molecule has 3 heterocycles. The van der Waals surface area contributed by atoms with Gasteiger partial charge in [-0.15, -0.1) is 10.2 Å². The van der Waals surface area contributed by atoms with Gasteiger partial charge >= 0.3 is 0 Å². The van der Waals surface area contributed by atoms with Gasteiger partial charge in [-0.2, -0.15) is 9.61 Å². The standard InChI is InChI=1S/C23H21ClN6OS/c24-18-8-6-17(7-9-18)20-10-11-21-25-26-23(30(21)27-20)32-16-22(31)29-14-12-28(13-15-29)19-4-2-1-3-5-19/h1-11H,12-16H2. The summed E-state index contributed by atoms with van der Waals surface area (Å²) in [5.41, 5.74) is 3.59. The van der Waals surface area contributed by atoms with Gasteiger partial charge in [0.15, 0.2) is 5.65 Å². The summed E-state index contributed by atoms with van der Waals surface area (Å²) in [6, 6.07) is 21.6. The molecule has 0 atom stereocenters. The zero-order valence-corrected chi connectivity index (χ0v) is 18.8. The molecule has 0 spiro atoms. The first-order chi connectivity index (χ1) is 15.7. The average molecular weight is 465 g/mol. The van der Waals surface area contributed by atoms with Gasteiger partial charge in [-0.1, -0.05) is 53.7 Å². The van der Waals surface area contributed by atoms with Crippen molar-refractivity contribution in [3.8, 4) is 11.3 Å². The van der Waals surface area contributed by atoms with Crippen LogP contribution in [0.4, 0.5) is 5.69 Å². The Balaban J connectivity index is 1.23. The monoisotopic (exact) mass is 464 g/mol. The zero-order valence-electron chi connectivity index (χ0n) is 17.3. The van der Waals surface area contributed by atoms with Crippen LogP contribution in [0.15, 0.2) is 71.9 Å². The van der Waals surface area contributed by atoms with Crippen molar-refractivity contribution >= 4 is 40.6 Å². The van der Waals surface area contributed by atoms with Crippen LogP contribution in [0, 0.1) is 0 Å². The Kier molecular flexibility index (Phi) is 5.96. The van der Waals surface area contributed by atoms with Crippen molar-refractivity contribution in [1.82, 2.24) is 24.7 Å². The van der Waals surface area contributed by atoms with Crippen LogP contribution in [-0.2, 0) is 4.79 Å². The van der Waals surface area contributed by atoms with Gasteiger partial charge in [0.2, 0.25) is 11.1 Å². The fraction of sp³-hybridized carbons (Fsp3) is 0.217. The summed E-state index contributed by atoms with van der Waals surface area (Å²) >= 11 is 7.35. The van der Waals surface area contributed by atoms with Crippen LogP contribution in [0.2, 0.25) is 5.02 Å². The summed E-state index contributed by atoms with van der Waals surface area (Å²) in [5, 5.41) is 14.4. The van der Waals surface area contributed by atoms with Gasteiger partial charge in [-0.3, -0.25) is 4.79 Å². The minimum atomic E-state index is 0.105. The van der Waals surface area contributed by atoms with Gasteiger partial charge in [0.1, 0.15) is 0 Å². The lowest BCUT2D eigenvalue weighted by atomic mass is 10.1. The number of piperazine rings is 1. The summed E-state index contributed by atoms with van der Waals surface area (Å²) in [5.74, 6) is 0.409. The third kappa shape index (κ3) is 4.42. The number of benzene rings is 2. The fourth-order valence-electron chi connectivity index (χ4n) is 3.70. The lowest BCUT2D eigenvalue weighted by molar-refractivity contribution is -0.128. The first kappa shape index (κ1) is 20.8. The number of halogens is 1. The smallest absolute Gasteiger partial charge is 0.233 e. The summed E-state index contributed by atoms with van der Waals surface area (Å²) in [6.07, 6.45) is 0. The SMILES string of the molecule is O=C(CSc1nnc2ccc(-c3ccc(Cl)cc3)nn12)N1CCN(c2ccccc2)CC1. The molecule has 2 aromatic heterocycles. The van der Waals surface area contributed by atoms with Crippen molar-refractivity contribution in [2.45, 2.75) is 5.16 Å². The van der Waals surface area contributed by atoms with Crippen LogP contribution in [0.1, 0.15) is 0 Å². The number of para-hydroxylation sites is 1. The van der Waals surface area contributed by atoms with E-state index in [1.54, 1.807) is 4.52 Å². The summed E-state index contributed by atoms with van der Waals surface area (Å²) < 4.78 is 1.69. The number of fused-ring (bicyclic) bond motifs is 1. The maximum Gasteiger partial charge on any atom is 0.233 e. The van der Waals surface area contributed by atoms with Crippen LogP contribution in [-0.4, -0.2) is 62.6 Å². The van der Waals surface area contributed by atoms with E-state index in [0.29, 0.717) is 34.7 Å². The van der Waals surface area contributed by atoms with Crippen molar-refractivity contribution in [3.05, 3.63) is 71.8 Å². The van der Waals surface area contributed by atoms with E-state index in [2.05, 4.69) is 32.3 Å². The molecule has 32 heavy (non-hydrogen) atoms. The van der Waals surface area contributed by atoms with E-state index in [-0.39, 0.29) is 5.91 Å². The van der Waals surface area contributed by atoms with Crippen LogP contribution in [0.5, 0.6) is 0 Å². The second-order valence-corrected chi connectivity index (χ2v) is 8.85. The molecular weight excluding hydrogens is 444 g/mol. The van der Waals surface area contributed by atoms with E-state index in [9.17, 15) is 4.79 Å². The predicted molar refractivity (Wildman–Crippen MR) is 127 cm³/mol. The normalized spacial score (nSPS) is 14.2. The molecule has 5 rings (SSSR count). The molecule has 0 N–H and O–H groups in total. The predicted octanol–water partition coefficient (Wildman–Crippen LogP) is 3.89. The number of anilines is 1. The fourth-order valence-corrected chi connectivity index (χ4v) is 4.62. The Hall–Kier alpha value is -3.10. The quantitative estimate of drug-likeness (QED) is 0.417. The number of rotatable bonds is 5. The van der Waals surface area contributed by atoms with Crippen LogP contribution >= 0.6 is 23.4 Å². The maximum atomic E-state index is 12.8. The second-order valence-electron chi connectivity index (χ2n) is 7.47. The molecule has 7 nitrogen and oxygen atoms in total. The molecule has 0 unspecified atom stereocenters. The Morgan fingerprint density at radius 1 is 0.906 bits per heavy atom. The molecule has 0 aliphatic carbocycles. The molecule has 1 saturated heterocycles. The number of amides is 1. The summed E-state index contributed by atoms with van der Waals surface area (Å²) in [4.78, 5) is 17.0. The number of nitrogens with zero attached hydrogens (tertiary/aromatic N) is 6. The molecule has 4 aromatic rings. The molecule has 2 aromatic carbocycles. The summed E-state index contributed by atoms with van der Waals surface area (Å²) in [6.45, 7) is 3.10. The van der Waals surface area contributed by atoms with Crippen molar-refractivity contribution in [3.63, 3.8) is 0 Å². The highest BCUT2D eigenvalue weighted by Gasteiger charge is 2.22. The minimum absolute atomic E-state index is 0.105. The number of carbonyl (C=O) groups excluding carboxylic acids is 1. The Labute approximate surface area is 195 Å². The van der Waals surface area contributed by atoms with Gasteiger partial charge in [0.05, 0.1) is 11.4 Å². The van der Waals surface area contributed by atoms with Gasteiger partial charge < -0.3 is 9.80 Å². The van der Waals surface area contributed by atoms with Crippen LogP contribution < -0.4 is 4.90 Å². The molecule has 9 heteroatoms. The topological polar surface area (TPSA) is 66.6 Å². The van der Waals surface area contributed by atoms with Crippen molar-refractivity contribution < 1.29 is 4.79 Å². The Bertz CT molecular complexity index is 1220. The molecule has 162 valence electrons. The van der Waals surface area contributed by atoms with E-state index in [1.807, 2.05) is 59.5 Å². The highest BCUT2D eigenvalue weighted by molar-refractivity contribution is 7.99. The first-order valence-corrected chi connectivity index (χ1v) is 11.7. The number of carbonyl (C=O) groups is 1. The Morgan fingerprint density at radius 3 is 2.41 bits per heavy atom. The lowest BCUT2D eigenvalue weighted by Gasteiger charge is -2.36. The van der Waals surface area contributed by atoms with E-state index >= 15 is 0 Å². The lowest BCUT2D eigenvalue weighted by Crippen LogP contribution is -2.49. The van der Waals surface area contributed by atoms with Crippen molar-refractivity contribution in [2.75, 3.05) is 36.8 Å². The van der Waals surface area contributed by atoms with Crippen LogP contribution in [0.3, 0.4) is 0 Å². The number of hydrogen-bond acceptors (Lipinski definition) is 6. The molecule has 1 aliphatic heterocycles. The molecular formula is C23H21ClN6OS. The van der Waals surface area contributed by atoms with E-state index in [4.69, 9.17) is 11.6 Å². The Morgan fingerprint density at radius 2 is 1.66 bits per heavy atom. The molecule has 0 radical (unpaired) electrons. The molecule has 0 bridgehead atoms. The van der Waals surface area contributed by atoms with Gasteiger partial charge in [-0.05, 0) is 36.4 Å². The highest BCUT2D eigenvalue weighted by Crippen LogP contribution is 2.23. The van der Waals surface area contributed by atoms with E-state index in [1.165, 1.54) is 17.4 Å². The number of hydrogen-bond donors (Lipinski definition) is 0. The average Bonchev–Trinajstić information content (AvgIpc) is 3.26. The third-order valence-electron chi connectivity index (χ3n) is 5.45. The molecule has 0 saturated carbocycles. The number of aromatic nitrogens is 4. The maximum absolute atomic E-state index is 12.8. The summed E-state index contributed by atoms with van der Waals surface area (Å²) in [7, 11) is 0. The largest absolute Gasteiger partial charge is 0.368 e. The van der Waals surface area contributed by atoms with Gasteiger partial charge in [-0.25, -0.2) is 0 Å². The first-order valence-electron chi connectivity index (χ1n) is 10.4. The van der Waals surface area contributed by atoms with Crippen molar-refractivity contribution in [1.29, 1.82) is 0 Å². The minimum Gasteiger partial charge on any atom is -0.368 e. The van der Waals surface area contributed by atoms with Gasteiger partial charge in [0, 0.05) is 42.5 Å². The second kappa shape index (κ2) is 9.18. The third-order valence-corrected chi connectivity index (χ3v) is 6.61. The molecule has 1 fully saturated rings. The van der Waals surface area contributed by atoms with Gasteiger partial charge in [0.25, 0.3) is 0 Å². The highest BCUT2D eigenvalue weighted by atomic mass is 35.5. The van der Waals surface area contributed by atoms with Crippen molar-refractivity contribution in [2.24, 2.45) is 0 Å².